The Morgan fingerprint density at radius 2 is 2.14 bits per heavy atom. The standard InChI is InChI=1S/C13H14F2N2O4/c1-13(3-2-4-21-7-13)16-12(18)8-5-10(15)11(17(19)20)6-9(8)14/h5-6H,2-4,7H2,1H3,(H,16,18). The number of nitrogens with zero attached hydrogens (tertiary/aromatic N) is 1. The number of hydrogen-bond acceptors (Lipinski definition) is 4. The van der Waals surface area contributed by atoms with Crippen molar-refractivity contribution in [2.45, 2.75) is 25.3 Å². The van der Waals surface area contributed by atoms with Gasteiger partial charge in [0.15, 0.2) is 0 Å². The number of rotatable bonds is 3. The van der Waals surface area contributed by atoms with Gasteiger partial charge in [0.2, 0.25) is 5.82 Å². The lowest BCUT2D eigenvalue weighted by atomic mass is 9.94. The summed E-state index contributed by atoms with van der Waals surface area (Å²) in [5.41, 5.74) is -2.24. The molecule has 1 amide bonds. The number of carbonyl (C=O) groups is 1. The van der Waals surface area contributed by atoms with E-state index in [-0.39, 0.29) is 6.61 Å². The first-order chi connectivity index (χ1) is 9.82. The van der Waals surface area contributed by atoms with Gasteiger partial charge in [0.05, 0.1) is 28.7 Å². The molecular formula is C13H14F2N2O4. The Hall–Kier alpha value is -2.09. The molecule has 114 valence electrons. The van der Waals surface area contributed by atoms with Gasteiger partial charge in [0.25, 0.3) is 5.91 Å². The lowest BCUT2D eigenvalue weighted by Gasteiger charge is -2.34. The minimum atomic E-state index is -1.25. The van der Waals surface area contributed by atoms with Crippen LogP contribution in [0.15, 0.2) is 12.1 Å². The Morgan fingerprint density at radius 1 is 1.43 bits per heavy atom. The number of hydrogen-bond donors (Lipinski definition) is 1. The molecule has 0 saturated carbocycles. The Labute approximate surface area is 119 Å². The minimum Gasteiger partial charge on any atom is -0.379 e. The summed E-state index contributed by atoms with van der Waals surface area (Å²) in [5, 5.41) is 13.1. The topological polar surface area (TPSA) is 81.5 Å². The Morgan fingerprint density at radius 3 is 2.71 bits per heavy atom. The predicted octanol–water partition coefficient (Wildman–Crippen LogP) is 2.17. The van der Waals surface area contributed by atoms with E-state index >= 15 is 0 Å². The highest BCUT2D eigenvalue weighted by molar-refractivity contribution is 5.95. The van der Waals surface area contributed by atoms with E-state index in [1.807, 2.05) is 0 Å². The molecule has 1 fully saturated rings. The molecule has 1 saturated heterocycles. The van der Waals surface area contributed by atoms with E-state index in [0.717, 1.165) is 6.42 Å². The average molecular weight is 300 g/mol. The van der Waals surface area contributed by atoms with Gasteiger partial charge < -0.3 is 10.1 Å². The van der Waals surface area contributed by atoms with E-state index in [2.05, 4.69) is 5.32 Å². The number of nitro benzene ring substituents is 1. The van der Waals surface area contributed by atoms with E-state index < -0.39 is 39.3 Å². The third-order valence-corrected chi connectivity index (χ3v) is 3.33. The third kappa shape index (κ3) is 3.33. The summed E-state index contributed by atoms with van der Waals surface area (Å²) in [5.74, 6) is -3.22. The first-order valence-electron chi connectivity index (χ1n) is 6.36. The smallest absolute Gasteiger partial charge is 0.307 e. The molecule has 21 heavy (non-hydrogen) atoms. The molecule has 8 heteroatoms. The molecule has 1 unspecified atom stereocenters. The summed E-state index contributed by atoms with van der Waals surface area (Å²) in [6, 6.07) is 0.944. The van der Waals surface area contributed by atoms with Gasteiger partial charge in [0, 0.05) is 6.61 Å². The highest BCUT2D eigenvalue weighted by atomic mass is 19.1. The van der Waals surface area contributed by atoms with Crippen molar-refractivity contribution in [3.63, 3.8) is 0 Å². The molecule has 1 atom stereocenters. The zero-order chi connectivity index (χ0) is 15.6. The molecule has 0 bridgehead atoms. The van der Waals surface area contributed by atoms with E-state index in [0.29, 0.717) is 25.2 Å². The summed E-state index contributed by atoms with van der Waals surface area (Å²) in [6.45, 7) is 2.60. The monoisotopic (exact) mass is 300 g/mol. The summed E-state index contributed by atoms with van der Waals surface area (Å²) in [4.78, 5) is 21.5. The van der Waals surface area contributed by atoms with Gasteiger partial charge in [-0.05, 0) is 25.8 Å². The number of nitrogens with one attached hydrogen (secondary N) is 1. The van der Waals surface area contributed by atoms with Crippen LogP contribution in [0.2, 0.25) is 0 Å². The van der Waals surface area contributed by atoms with Crippen LogP contribution >= 0.6 is 0 Å². The molecule has 0 aliphatic carbocycles. The molecule has 1 aromatic rings. The van der Waals surface area contributed by atoms with Crippen LogP contribution in [-0.4, -0.2) is 29.6 Å². The third-order valence-electron chi connectivity index (χ3n) is 3.33. The highest BCUT2D eigenvalue weighted by Crippen LogP contribution is 2.23. The maximum Gasteiger partial charge on any atom is 0.307 e. The summed E-state index contributed by atoms with van der Waals surface area (Å²) in [6.07, 6.45) is 1.39. The highest BCUT2D eigenvalue weighted by Gasteiger charge is 2.31. The van der Waals surface area contributed by atoms with Gasteiger partial charge in [-0.2, -0.15) is 4.39 Å². The van der Waals surface area contributed by atoms with Crippen molar-refractivity contribution in [3.05, 3.63) is 39.4 Å². The number of amides is 1. The fraction of sp³-hybridized carbons (Fsp3) is 0.462. The van der Waals surface area contributed by atoms with Crippen LogP contribution in [0.5, 0.6) is 0 Å². The second kappa shape index (κ2) is 5.72. The first-order valence-corrected chi connectivity index (χ1v) is 6.36. The van der Waals surface area contributed by atoms with Crippen molar-refractivity contribution >= 4 is 11.6 Å². The van der Waals surface area contributed by atoms with Gasteiger partial charge in [-0.3, -0.25) is 14.9 Å². The van der Waals surface area contributed by atoms with Crippen molar-refractivity contribution < 1.29 is 23.2 Å². The molecule has 1 N–H and O–H groups in total. The second-order valence-electron chi connectivity index (χ2n) is 5.21. The van der Waals surface area contributed by atoms with E-state index in [4.69, 9.17) is 4.74 Å². The van der Waals surface area contributed by atoms with E-state index in [1.54, 1.807) is 6.92 Å². The second-order valence-corrected chi connectivity index (χ2v) is 5.21. The van der Waals surface area contributed by atoms with Crippen LogP contribution < -0.4 is 5.32 Å². The van der Waals surface area contributed by atoms with Crippen LogP contribution in [0.4, 0.5) is 14.5 Å². The molecule has 1 aromatic carbocycles. The van der Waals surface area contributed by atoms with Crippen molar-refractivity contribution in [3.8, 4) is 0 Å². The predicted molar refractivity (Wildman–Crippen MR) is 68.9 cm³/mol. The zero-order valence-corrected chi connectivity index (χ0v) is 11.3. The maximum absolute atomic E-state index is 13.8. The number of halogens is 2. The van der Waals surface area contributed by atoms with Crippen LogP contribution in [0.1, 0.15) is 30.1 Å². The summed E-state index contributed by atoms with van der Waals surface area (Å²) < 4.78 is 32.5. The normalized spacial score (nSPS) is 21.9. The van der Waals surface area contributed by atoms with E-state index in [9.17, 15) is 23.7 Å². The number of nitro groups is 1. The lowest BCUT2D eigenvalue weighted by molar-refractivity contribution is -0.387. The Bertz CT molecular complexity index is 586. The van der Waals surface area contributed by atoms with Gasteiger partial charge in [-0.25, -0.2) is 4.39 Å². The van der Waals surface area contributed by atoms with Crippen LogP contribution in [-0.2, 0) is 4.74 Å². The molecule has 0 radical (unpaired) electrons. The summed E-state index contributed by atoms with van der Waals surface area (Å²) >= 11 is 0. The molecule has 0 spiro atoms. The SMILES string of the molecule is CC1(NC(=O)c2cc(F)c([N+](=O)[O-])cc2F)CCCOC1. The van der Waals surface area contributed by atoms with Gasteiger partial charge in [0.1, 0.15) is 5.82 Å². The Balaban J connectivity index is 2.23. The van der Waals surface area contributed by atoms with Crippen molar-refractivity contribution in [2.75, 3.05) is 13.2 Å². The van der Waals surface area contributed by atoms with Gasteiger partial charge >= 0.3 is 5.69 Å². The van der Waals surface area contributed by atoms with Crippen molar-refractivity contribution in [2.24, 2.45) is 0 Å². The number of ether oxygens (including phenoxy) is 1. The molecular weight excluding hydrogens is 286 g/mol. The lowest BCUT2D eigenvalue weighted by Crippen LogP contribution is -2.51. The van der Waals surface area contributed by atoms with Crippen LogP contribution in [0.3, 0.4) is 0 Å². The summed E-state index contributed by atoms with van der Waals surface area (Å²) in [7, 11) is 0. The largest absolute Gasteiger partial charge is 0.379 e. The number of benzene rings is 1. The van der Waals surface area contributed by atoms with Crippen LogP contribution in [0, 0.1) is 21.7 Å². The fourth-order valence-electron chi connectivity index (χ4n) is 2.22. The van der Waals surface area contributed by atoms with Crippen molar-refractivity contribution in [1.29, 1.82) is 0 Å². The molecule has 1 aliphatic rings. The molecule has 1 aliphatic heterocycles. The molecule has 6 nitrogen and oxygen atoms in total. The average Bonchev–Trinajstić information content (AvgIpc) is 2.40. The zero-order valence-electron chi connectivity index (χ0n) is 11.3. The van der Waals surface area contributed by atoms with Crippen molar-refractivity contribution in [1.82, 2.24) is 5.32 Å². The minimum absolute atomic E-state index is 0.274. The molecule has 1 heterocycles. The van der Waals surface area contributed by atoms with Gasteiger partial charge in [-0.15, -0.1) is 0 Å². The van der Waals surface area contributed by atoms with Gasteiger partial charge in [-0.1, -0.05) is 0 Å². The van der Waals surface area contributed by atoms with E-state index in [1.165, 1.54) is 0 Å². The maximum atomic E-state index is 13.8. The fourth-order valence-corrected chi connectivity index (χ4v) is 2.22. The number of carbonyl (C=O) groups excluding carboxylic acids is 1. The first kappa shape index (κ1) is 15.3. The molecule has 2 rings (SSSR count). The Kier molecular flexibility index (Phi) is 4.17. The quantitative estimate of drug-likeness (QED) is 0.685. The van der Waals surface area contributed by atoms with Crippen LogP contribution in [0.25, 0.3) is 0 Å². The molecule has 0 aromatic heterocycles.